The van der Waals surface area contributed by atoms with E-state index in [0.717, 1.165) is 18.6 Å². The quantitative estimate of drug-likeness (QED) is 0.696. The number of aliphatic hydroxyl groups excluding tert-OH is 1. The monoisotopic (exact) mass is 268 g/mol. The summed E-state index contributed by atoms with van der Waals surface area (Å²) in [6.45, 7) is 2.47. The lowest BCUT2D eigenvalue weighted by atomic mass is 9.96. The number of thioether (sulfide) groups is 1. The number of aliphatic hydroxyl groups is 1. The lowest BCUT2D eigenvalue weighted by Gasteiger charge is -2.14. The van der Waals surface area contributed by atoms with E-state index in [0.29, 0.717) is 5.92 Å². The van der Waals surface area contributed by atoms with Crippen molar-refractivity contribution < 1.29 is 9.84 Å². The van der Waals surface area contributed by atoms with Gasteiger partial charge >= 0.3 is 0 Å². The third kappa shape index (κ3) is 5.78. The molecular weight excluding hydrogens is 244 g/mol. The van der Waals surface area contributed by atoms with Crippen molar-refractivity contribution in [3.8, 4) is 5.75 Å². The van der Waals surface area contributed by atoms with Gasteiger partial charge in [0, 0.05) is 6.61 Å². The second kappa shape index (κ2) is 9.29. The molecule has 0 aliphatic heterocycles. The van der Waals surface area contributed by atoms with Gasteiger partial charge in [0.2, 0.25) is 0 Å². The van der Waals surface area contributed by atoms with Gasteiger partial charge in [-0.15, -0.1) is 0 Å². The van der Waals surface area contributed by atoms with E-state index in [9.17, 15) is 5.11 Å². The van der Waals surface area contributed by atoms with Crippen LogP contribution in [0.15, 0.2) is 24.3 Å². The summed E-state index contributed by atoms with van der Waals surface area (Å²) < 4.78 is 5.14. The Labute approximate surface area is 115 Å². The highest BCUT2D eigenvalue weighted by molar-refractivity contribution is 7.99. The van der Waals surface area contributed by atoms with Gasteiger partial charge in [-0.3, -0.25) is 0 Å². The van der Waals surface area contributed by atoms with Crippen molar-refractivity contribution in [1.29, 1.82) is 0 Å². The Kier molecular flexibility index (Phi) is 7.94. The molecule has 0 heterocycles. The van der Waals surface area contributed by atoms with E-state index in [4.69, 9.17) is 4.74 Å². The highest BCUT2D eigenvalue weighted by Crippen LogP contribution is 2.18. The summed E-state index contributed by atoms with van der Waals surface area (Å²) in [5.74, 6) is 3.66. The second-order valence-corrected chi connectivity index (χ2v) is 5.83. The molecule has 0 aliphatic carbocycles. The van der Waals surface area contributed by atoms with Crippen molar-refractivity contribution in [2.75, 3.05) is 25.2 Å². The van der Waals surface area contributed by atoms with E-state index in [2.05, 4.69) is 19.1 Å². The number of ether oxygens (including phenoxy) is 1. The fourth-order valence-corrected chi connectivity index (χ4v) is 2.63. The minimum Gasteiger partial charge on any atom is -0.497 e. The molecule has 0 aromatic heterocycles. The van der Waals surface area contributed by atoms with Crippen molar-refractivity contribution in [2.24, 2.45) is 5.92 Å². The van der Waals surface area contributed by atoms with Crippen molar-refractivity contribution in [2.45, 2.75) is 26.2 Å². The first-order valence-corrected chi connectivity index (χ1v) is 7.77. The van der Waals surface area contributed by atoms with Crippen molar-refractivity contribution in [3.05, 3.63) is 29.8 Å². The summed E-state index contributed by atoms with van der Waals surface area (Å²) in [5, 5.41) is 9.41. The fourth-order valence-electron chi connectivity index (χ4n) is 1.97. The maximum absolute atomic E-state index is 9.41. The minimum absolute atomic E-state index is 0.281. The van der Waals surface area contributed by atoms with Crippen molar-refractivity contribution in [1.82, 2.24) is 0 Å². The van der Waals surface area contributed by atoms with Crippen LogP contribution in [-0.2, 0) is 6.42 Å². The molecule has 0 aliphatic rings. The van der Waals surface area contributed by atoms with E-state index in [1.54, 1.807) is 7.11 Å². The van der Waals surface area contributed by atoms with Crippen LogP contribution in [0.1, 0.15) is 25.3 Å². The lowest BCUT2D eigenvalue weighted by Crippen LogP contribution is -2.10. The minimum atomic E-state index is 0.281. The zero-order valence-electron chi connectivity index (χ0n) is 11.4. The maximum Gasteiger partial charge on any atom is 0.118 e. The molecule has 1 unspecified atom stereocenters. The molecule has 1 atom stereocenters. The zero-order valence-corrected chi connectivity index (χ0v) is 12.2. The van der Waals surface area contributed by atoms with Crippen LogP contribution in [0.3, 0.4) is 0 Å². The fraction of sp³-hybridized carbons (Fsp3) is 0.600. The van der Waals surface area contributed by atoms with Gasteiger partial charge in [0.15, 0.2) is 0 Å². The molecule has 1 aromatic rings. The summed E-state index contributed by atoms with van der Waals surface area (Å²) in [4.78, 5) is 0. The second-order valence-electron chi connectivity index (χ2n) is 4.44. The lowest BCUT2D eigenvalue weighted by molar-refractivity contribution is 0.217. The molecular formula is C15H24O2S. The first kappa shape index (κ1) is 15.4. The predicted molar refractivity (Wildman–Crippen MR) is 79.5 cm³/mol. The molecule has 0 bridgehead atoms. The van der Waals surface area contributed by atoms with Gasteiger partial charge in [-0.2, -0.15) is 11.8 Å². The molecule has 18 heavy (non-hydrogen) atoms. The normalized spacial score (nSPS) is 12.4. The molecule has 0 amide bonds. The Morgan fingerprint density at radius 3 is 2.56 bits per heavy atom. The predicted octanol–water partition coefficient (Wildman–Crippen LogP) is 3.38. The standard InChI is InChI=1S/C15H24O2S/c1-3-18-10-4-5-14(12-16)11-13-6-8-15(17-2)9-7-13/h6-9,14,16H,3-5,10-12H2,1-2H3. The van der Waals surface area contributed by atoms with Gasteiger partial charge < -0.3 is 9.84 Å². The number of methoxy groups -OCH3 is 1. The first-order chi connectivity index (χ1) is 8.80. The average Bonchev–Trinajstić information content (AvgIpc) is 2.43. The third-order valence-electron chi connectivity index (χ3n) is 3.05. The highest BCUT2D eigenvalue weighted by Gasteiger charge is 2.08. The smallest absolute Gasteiger partial charge is 0.118 e. The van der Waals surface area contributed by atoms with Gasteiger partial charge in [0.1, 0.15) is 5.75 Å². The molecule has 1 rings (SSSR count). The average molecular weight is 268 g/mol. The number of hydrogen-bond acceptors (Lipinski definition) is 3. The summed E-state index contributed by atoms with van der Waals surface area (Å²) in [6.07, 6.45) is 3.26. The van der Waals surface area contributed by atoms with Gasteiger partial charge in [-0.25, -0.2) is 0 Å². The first-order valence-electron chi connectivity index (χ1n) is 6.61. The Morgan fingerprint density at radius 1 is 1.28 bits per heavy atom. The largest absolute Gasteiger partial charge is 0.497 e. The molecule has 3 heteroatoms. The van der Waals surface area contributed by atoms with Crippen LogP contribution in [-0.4, -0.2) is 30.3 Å². The zero-order chi connectivity index (χ0) is 13.2. The molecule has 0 saturated heterocycles. The SMILES string of the molecule is CCSCCCC(CO)Cc1ccc(OC)cc1. The topological polar surface area (TPSA) is 29.5 Å². The Morgan fingerprint density at radius 2 is 2.00 bits per heavy atom. The maximum atomic E-state index is 9.41. The molecule has 1 N–H and O–H groups in total. The Hall–Kier alpha value is -0.670. The van der Waals surface area contributed by atoms with Gasteiger partial charge in [-0.1, -0.05) is 19.1 Å². The van der Waals surface area contributed by atoms with E-state index in [1.165, 1.54) is 23.5 Å². The Bertz CT molecular complexity index is 311. The van der Waals surface area contributed by atoms with Crippen LogP contribution in [0.25, 0.3) is 0 Å². The molecule has 0 fully saturated rings. The summed E-state index contributed by atoms with van der Waals surface area (Å²) in [5.41, 5.74) is 1.28. The number of rotatable bonds is 9. The van der Waals surface area contributed by atoms with Crippen LogP contribution >= 0.6 is 11.8 Å². The van der Waals surface area contributed by atoms with Crippen LogP contribution in [0.5, 0.6) is 5.75 Å². The highest BCUT2D eigenvalue weighted by atomic mass is 32.2. The van der Waals surface area contributed by atoms with Crippen LogP contribution < -0.4 is 4.74 Å². The summed E-state index contributed by atoms with van der Waals surface area (Å²) in [6, 6.07) is 8.14. The molecule has 102 valence electrons. The van der Waals surface area contributed by atoms with E-state index >= 15 is 0 Å². The molecule has 1 aromatic carbocycles. The summed E-state index contributed by atoms with van der Waals surface area (Å²) in [7, 11) is 1.68. The van der Waals surface area contributed by atoms with Crippen LogP contribution in [0.4, 0.5) is 0 Å². The molecule has 0 saturated carbocycles. The third-order valence-corrected chi connectivity index (χ3v) is 4.03. The summed E-state index contributed by atoms with van der Waals surface area (Å²) >= 11 is 1.97. The molecule has 0 radical (unpaired) electrons. The van der Waals surface area contributed by atoms with E-state index in [-0.39, 0.29) is 6.61 Å². The molecule has 2 nitrogen and oxygen atoms in total. The number of benzene rings is 1. The molecule has 0 spiro atoms. The van der Waals surface area contributed by atoms with E-state index < -0.39 is 0 Å². The van der Waals surface area contributed by atoms with Gasteiger partial charge in [-0.05, 0) is 54.4 Å². The Balaban J connectivity index is 2.36. The van der Waals surface area contributed by atoms with E-state index in [1.807, 2.05) is 23.9 Å². The van der Waals surface area contributed by atoms with Crippen molar-refractivity contribution >= 4 is 11.8 Å². The van der Waals surface area contributed by atoms with Crippen LogP contribution in [0, 0.1) is 5.92 Å². The van der Waals surface area contributed by atoms with Crippen molar-refractivity contribution in [3.63, 3.8) is 0 Å². The van der Waals surface area contributed by atoms with Gasteiger partial charge in [0.25, 0.3) is 0 Å². The number of hydrogen-bond donors (Lipinski definition) is 1. The van der Waals surface area contributed by atoms with Crippen LogP contribution in [0.2, 0.25) is 0 Å². The van der Waals surface area contributed by atoms with Gasteiger partial charge in [0.05, 0.1) is 7.11 Å².